The summed E-state index contributed by atoms with van der Waals surface area (Å²) < 4.78 is 25.3. The third-order valence-electron chi connectivity index (χ3n) is 4.41. The summed E-state index contributed by atoms with van der Waals surface area (Å²) in [6.07, 6.45) is 2.36. The highest BCUT2D eigenvalue weighted by molar-refractivity contribution is 7.92. The molecule has 3 rings (SSSR count). The number of amides is 2. The molecule has 1 aliphatic rings. The number of imidazole rings is 1. The Labute approximate surface area is 135 Å². The second-order valence-electron chi connectivity index (χ2n) is 5.87. The zero-order valence-corrected chi connectivity index (χ0v) is 13.9. The van der Waals surface area contributed by atoms with E-state index >= 15 is 0 Å². The number of pyridine rings is 1. The number of aryl methyl sites for hydroxylation is 1. The van der Waals surface area contributed by atoms with Crippen LogP contribution in [0.1, 0.15) is 24.7 Å². The predicted molar refractivity (Wildman–Crippen MR) is 87.0 cm³/mol. The molecule has 0 spiro atoms. The molecule has 0 saturated carbocycles. The fourth-order valence-electron chi connectivity index (χ4n) is 2.91. The van der Waals surface area contributed by atoms with E-state index in [1.807, 2.05) is 35.7 Å². The minimum absolute atomic E-state index is 0.130. The van der Waals surface area contributed by atoms with E-state index in [2.05, 4.69) is 15.6 Å². The summed E-state index contributed by atoms with van der Waals surface area (Å²) in [6.45, 7) is 3.87. The first kappa shape index (κ1) is 15.8. The largest absolute Gasteiger partial charge is 0.334 e. The number of nitrogens with zero attached hydrogens (tertiary/aromatic N) is 2. The van der Waals surface area contributed by atoms with Crippen LogP contribution in [0.4, 0.5) is 4.79 Å². The van der Waals surface area contributed by atoms with Crippen LogP contribution in [-0.4, -0.2) is 40.9 Å². The van der Waals surface area contributed by atoms with Crippen LogP contribution in [0, 0.1) is 6.92 Å². The van der Waals surface area contributed by atoms with Crippen molar-refractivity contribution in [3.8, 4) is 0 Å². The van der Waals surface area contributed by atoms with Crippen LogP contribution in [0.3, 0.4) is 0 Å². The third kappa shape index (κ3) is 3.03. The molecular weight excluding hydrogens is 316 g/mol. The molecule has 0 unspecified atom stereocenters. The molecule has 0 radical (unpaired) electrons. The summed E-state index contributed by atoms with van der Waals surface area (Å²) in [5.74, 6) is 0.130. The number of fused-ring (bicyclic) bond motifs is 1. The number of nitrogens with one attached hydrogen (secondary N) is 2. The fraction of sp³-hybridized carbons (Fsp3) is 0.467. The molecule has 23 heavy (non-hydrogen) atoms. The third-order valence-corrected chi connectivity index (χ3v) is 6.67. The van der Waals surface area contributed by atoms with Crippen LogP contribution < -0.4 is 10.6 Å². The molecular formula is C15H20N4O3S. The van der Waals surface area contributed by atoms with Gasteiger partial charge in [0.1, 0.15) is 5.65 Å². The Morgan fingerprint density at radius 1 is 1.43 bits per heavy atom. The average Bonchev–Trinajstić information content (AvgIpc) is 2.96. The smallest absolute Gasteiger partial charge is 0.315 e. The number of sulfone groups is 1. The Balaban J connectivity index is 1.64. The van der Waals surface area contributed by atoms with E-state index in [1.54, 1.807) is 6.92 Å². The van der Waals surface area contributed by atoms with Crippen molar-refractivity contribution in [2.24, 2.45) is 0 Å². The van der Waals surface area contributed by atoms with Gasteiger partial charge in [0.15, 0.2) is 9.84 Å². The SMILES string of the molecule is Cc1nc2ccccn2c1CNC(=O)N[C@@H]1CCS(=O)(=O)[C@@H]1C. The Morgan fingerprint density at radius 2 is 2.22 bits per heavy atom. The lowest BCUT2D eigenvalue weighted by Crippen LogP contribution is -2.45. The molecule has 2 atom stereocenters. The molecule has 1 fully saturated rings. The number of rotatable bonds is 3. The van der Waals surface area contributed by atoms with Gasteiger partial charge in [-0.1, -0.05) is 6.07 Å². The number of hydrogen-bond acceptors (Lipinski definition) is 4. The first-order chi connectivity index (χ1) is 10.9. The molecule has 124 valence electrons. The van der Waals surface area contributed by atoms with Gasteiger partial charge >= 0.3 is 6.03 Å². The molecule has 0 aliphatic carbocycles. The van der Waals surface area contributed by atoms with Crippen molar-refractivity contribution in [3.63, 3.8) is 0 Å². The average molecular weight is 336 g/mol. The van der Waals surface area contributed by atoms with Gasteiger partial charge in [-0.25, -0.2) is 18.2 Å². The Morgan fingerprint density at radius 3 is 2.91 bits per heavy atom. The summed E-state index contributed by atoms with van der Waals surface area (Å²) in [7, 11) is -3.07. The first-order valence-electron chi connectivity index (χ1n) is 7.57. The van der Waals surface area contributed by atoms with E-state index in [1.165, 1.54) is 0 Å². The van der Waals surface area contributed by atoms with E-state index in [-0.39, 0.29) is 17.8 Å². The first-order valence-corrected chi connectivity index (χ1v) is 9.28. The zero-order chi connectivity index (χ0) is 16.6. The van der Waals surface area contributed by atoms with Crippen LogP contribution in [0.5, 0.6) is 0 Å². The van der Waals surface area contributed by atoms with E-state index in [0.29, 0.717) is 13.0 Å². The van der Waals surface area contributed by atoms with Crippen LogP contribution in [0.2, 0.25) is 0 Å². The van der Waals surface area contributed by atoms with Crippen LogP contribution >= 0.6 is 0 Å². The molecule has 0 aromatic carbocycles. The maximum absolute atomic E-state index is 12.1. The lowest BCUT2D eigenvalue weighted by Gasteiger charge is -2.16. The minimum Gasteiger partial charge on any atom is -0.334 e. The number of hydrogen-bond donors (Lipinski definition) is 2. The molecule has 2 aromatic heterocycles. The highest BCUT2D eigenvalue weighted by atomic mass is 32.2. The van der Waals surface area contributed by atoms with Gasteiger partial charge in [-0.05, 0) is 32.4 Å². The molecule has 2 aromatic rings. The van der Waals surface area contributed by atoms with Crippen LogP contribution in [-0.2, 0) is 16.4 Å². The standard InChI is InChI=1S/C15H20N4O3S/c1-10-13(19-7-4-3-5-14(19)17-10)9-16-15(20)18-12-6-8-23(21,22)11(12)2/h3-5,7,11-12H,6,8-9H2,1-2H3,(H2,16,18,20)/t11-,12-/m1/s1. The van der Waals surface area contributed by atoms with Gasteiger partial charge in [0.05, 0.1) is 28.9 Å². The molecule has 1 saturated heterocycles. The van der Waals surface area contributed by atoms with Gasteiger partial charge in [0, 0.05) is 12.2 Å². The second kappa shape index (κ2) is 5.84. The van der Waals surface area contributed by atoms with E-state index in [4.69, 9.17) is 0 Å². The lowest BCUT2D eigenvalue weighted by molar-refractivity contribution is 0.236. The van der Waals surface area contributed by atoms with Crippen LogP contribution in [0.15, 0.2) is 24.4 Å². The van der Waals surface area contributed by atoms with Crippen molar-refractivity contribution < 1.29 is 13.2 Å². The molecule has 3 heterocycles. The predicted octanol–water partition coefficient (Wildman–Crippen LogP) is 1.02. The molecule has 7 nitrogen and oxygen atoms in total. The summed E-state index contributed by atoms with van der Waals surface area (Å²) in [6, 6.07) is 5.03. The minimum atomic E-state index is -3.07. The van der Waals surface area contributed by atoms with Gasteiger partial charge in [0.25, 0.3) is 0 Å². The van der Waals surface area contributed by atoms with E-state index < -0.39 is 15.1 Å². The summed E-state index contributed by atoms with van der Waals surface area (Å²) in [4.78, 5) is 16.5. The Bertz CT molecular complexity index is 844. The fourth-order valence-corrected chi connectivity index (χ4v) is 4.57. The zero-order valence-electron chi connectivity index (χ0n) is 13.1. The summed E-state index contributed by atoms with van der Waals surface area (Å²) in [5, 5.41) is 5.01. The number of carbonyl (C=O) groups is 1. The van der Waals surface area contributed by atoms with E-state index in [0.717, 1.165) is 17.0 Å². The molecule has 2 amide bonds. The second-order valence-corrected chi connectivity index (χ2v) is 8.34. The summed E-state index contributed by atoms with van der Waals surface area (Å²) >= 11 is 0. The van der Waals surface area contributed by atoms with Gasteiger partial charge in [-0.3, -0.25) is 0 Å². The Kier molecular flexibility index (Phi) is 4.01. The lowest BCUT2D eigenvalue weighted by atomic mass is 10.2. The van der Waals surface area contributed by atoms with Gasteiger partial charge in [-0.15, -0.1) is 0 Å². The van der Waals surface area contributed by atoms with Crippen molar-refractivity contribution in [2.75, 3.05) is 5.75 Å². The van der Waals surface area contributed by atoms with Gasteiger partial charge in [-0.2, -0.15) is 0 Å². The molecule has 0 bridgehead atoms. The number of aromatic nitrogens is 2. The quantitative estimate of drug-likeness (QED) is 0.875. The normalized spacial score (nSPS) is 23.0. The van der Waals surface area contributed by atoms with Gasteiger partial charge in [0.2, 0.25) is 0 Å². The number of carbonyl (C=O) groups excluding carboxylic acids is 1. The maximum Gasteiger partial charge on any atom is 0.315 e. The van der Waals surface area contributed by atoms with Crippen LogP contribution in [0.25, 0.3) is 5.65 Å². The molecule has 1 aliphatic heterocycles. The van der Waals surface area contributed by atoms with Crippen molar-refractivity contribution >= 4 is 21.5 Å². The Hall–Kier alpha value is -2.09. The van der Waals surface area contributed by atoms with Crippen molar-refractivity contribution in [2.45, 2.75) is 38.1 Å². The summed E-state index contributed by atoms with van der Waals surface area (Å²) in [5.41, 5.74) is 2.59. The number of urea groups is 1. The molecule has 2 N–H and O–H groups in total. The maximum atomic E-state index is 12.1. The van der Waals surface area contributed by atoms with Crippen molar-refractivity contribution in [3.05, 3.63) is 35.8 Å². The van der Waals surface area contributed by atoms with Gasteiger partial charge < -0.3 is 15.0 Å². The topological polar surface area (TPSA) is 92.6 Å². The molecule has 8 heteroatoms. The van der Waals surface area contributed by atoms with Crippen molar-refractivity contribution in [1.29, 1.82) is 0 Å². The van der Waals surface area contributed by atoms with E-state index in [9.17, 15) is 13.2 Å². The monoisotopic (exact) mass is 336 g/mol. The highest BCUT2D eigenvalue weighted by Crippen LogP contribution is 2.20. The highest BCUT2D eigenvalue weighted by Gasteiger charge is 2.37. The van der Waals surface area contributed by atoms with Crippen molar-refractivity contribution in [1.82, 2.24) is 20.0 Å².